The molecule has 0 spiro atoms. The minimum atomic E-state index is 0.356. The average molecular weight is 254 g/mol. The van der Waals surface area contributed by atoms with Crippen LogP contribution in [0.1, 0.15) is 49.5 Å². The van der Waals surface area contributed by atoms with Gasteiger partial charge in [-0.05, 0) is 25.0 Å². The lowest BCUT2D eigenvalue weighted by atomic mass is 9.89. The van der Waals surface area contributed by atoms with Gasteiger partial charge in [0.25, 0.3) is 5.89 Å². The van der Waals surface area contributed by atoms with Crippen molar-refractivity contribution in [2.75, 3.05) is 0 Å². The molecule has 0 bridgehead atoms. The second-order valence-electron chi connectivity index (χ2n) is 4.83. The molecule has 2 aromatic rings. The van der Waals surface area contributed by atoms with Crippen molar-refractivity contribution in [3.8, 4) is 17.5 Å². The topological polar surface area (TPSA) is 75.6 Å². The zero-order valence-electron chi connectivity index (χ0n) is 10.5. The van der Waals surface area contributed by atoms with Crippen molar-refractivity contribution >= 4 is 0 Å². The van der Waals surface area contributed by atoms with E-state index in [4.69, 9.17) is 9.78 Å². The SMILES string of the molecule is N#Cc1cc(-c2nc(C3CCCCC3)no2)ccn1. The molecule has 1 fully saturated rings. The standard InChI is InChI=1S/C14H14N4O/c15-9-12-8-11(6-7-16-12)14-17-13(18-19-14)10-4-2-1-3-5-10/h6-8,10H,1-5H2. The van der Waals surface area contributed by atoms with E-state index in [1.54, 1.807) is 18.3 Å². The molecule has 0 atom stereocenters. The Morgan fingerprint density at radius 1 is 1.26 bits per heavy atom. The lowest BCUT2D eigenvalue weighted by Crippen LogP contribution is -2.06. The minimum absolute atomic E-state index is 0.356. The van der Waals surface area contributed by atoms with Crippen LogP contribution in [0.5, 0.6) is 0 Å². The number of nitriles is 1. The van der Waals surface area contributed by atoms with Gasteiger partial charge in [0.2, 0.25) is 0 Å². The van der Waals surface area contributed by atoms with E-state index in [2.05, 4.69) is 15.1 Å². The normalized spacial score (nSPS) is 16.2. The molecule has 3 rings (SSSR count). The summed E-state index contributed by atoms with van der Waals surface area (Å²) >= 11 is 0. The van der Waals surface area contributed by atoms with Gasteiger partial charge in [-0.25, -0.2) is 4.98 Å². The highest BCUT2D eigenvalue weighted by Crippen LogP contribution is 2.31. The first kappa shape index (κ1) is 11.8. The van der Waals surface area contributed by atoms with Crippen LogP contribution in [0.2, 0.25) is 0 Å². The number of nitrogens with zero attached hydrogens (tertiary/aromatic N) is 4. The predicted octanol–water partition coefficient (Wildman–Crippen LogP) is 3.05. The Balaban J connectivity index is 1.86. The Morgan fingerprint density at radius 3 is 2.89 bits per heavy atom. The average Bonchev–Trinajstić information content (AvgIpc) is 2.98. The van der Waals surface area contributed by atoms with Crippen LogP contribution in [0.25, 0.3) is 11.5 Å². The summed E-state index contributed by atoms with van der Waals surface area (Å²) in [5, 5.41) is 12.9. The van der Waals surface area contributed by atoms with Gasteiger partial charge >= 0.3 is 0 Å². The van der Waals surface area contributed by atoms with Gasteiger partial charge in [-0.15, -0.1) is 0 Å². The molecule has 2 aromatic heterocycles. The molecule has 0 amide bonds. The summed E-state index contributed by atoms with van der Waals surface area (Å²) in [6, 6.07) is 5.45. The van der Waals surface area contributed by atoms with Gasteiger partial charge in [0.05, 0.1) is 0 Å². The maximum atomic E-state index is 8.84. The van der Waals surface area contributed by atoms with Gasteiger partial charge in [0.15, 0.2) is 5.82 Å². The van der Waals surface area contributed by atoms with Gasteiger partial charge < -0.3 is 4.52 Å². The minimum Gasteiger partial charge on any atom is -0.334 e. The molecule has 0 N–H and O–H groups in total. The predicted molar refractivity (Wildman–Crippen MR) is 68.1 cm³/mol. The highest BCUT2D eigenvalue weighted by molar-refractivity contribution is 5.54. The molecule has 1 aliphatic rings. The van der Waals surface area contributed by atoms with Crippen LogP contribution in [0.3, 0.4) is 0 Å². The third-order valence-electron chi connectivity index (χ3n) is 3.53. The van der Waals surface area contributed by atoms with E-state index < -0.39 is 0 Å². The van der Waals surface area contributed by atoms with Crippen molar-refractivity contribution in [1.82, 2.24) is 15.1 Å². The van der Waals surface area contributed by atoms with Crippen LogP contribution in [0.15, 0.2) is 22.9 Å². The smallest absolute Gasteiger partial charge is 0.258 e. The van der Waals surface area contributed by atoms with Gasteiger partial charge in [0.1, 0.15) is 11.8 Å². The van der Waals surface area contributed by atoms with Crippen molar-refractivity contribution in [1.29, 1.82) is 5.26 Å². The van der Waals surface area contributed by atoms with E-state index in [1.807, 2.05) is 6.07 Å². The van der Waals surface area contributed by atoms with Crippen LogP contribution >= 0.6 is 0 Å². The number of hydrogen-bond acceptors (Lipinski definition) is 5. The first-order chi connectivity index (χ1) is 9.36. The molecule has 96 valence electrons. The maximum absolute atomic E-state index is 8.84. The van der Waals surface area contributed by atoms with Crippen LogP contribution in [0, 0.1) is 11.3 Å². The molecule has 1 saturated carbocycles. The molecule has 1 aliphatic carbocycles. The first-order valence-electron chi connectivity index (χ1n) is 6.57. The van der Waals surface area contributed by atoms with Gasteiger partial charge in [-0.1, -0.05) is 24.4 Å². The Morgan fingerprint density at radius 2 is 2.11 bits per heavy atom. The van der Waals surface area contributed by atoms with Crippen molar-refractivity contribution in [3.05, 3.63) is 29.8 Å². The van der Waals surface area contributed by atoms with Crippen molar-refractivity contribution < 1.29 is 4.52 Å². The van der Waals surface area contributed by atoms with Crippen molar-refractivity contribution in [3.63, 3.8) is 0 Å². The zero-order valence-corrected chi connectivity index (χ0v) is 10.5. The number of hydrogen-bond donors (Lipinski definition) is 0. The largest absolute Gasteiger partial charge is 0.334 e. The molecular formula is C14H14N4O. The molecule has 5 heteroatoms. The summed E-state index contributed by atoms with van der Waals surface area (Å²) in [7, 11) is 0. The van der Waals surface area contributed by atoms with E-state index in [-0.39, 0.29) is 0 Å². The fraction of sp³-hybridized carbons (Fsp3) is 0.429. The first-order valence-corrected chi connectivity index (χ1v) is 6.57. The third-order valence-corrected chi connectivity index (χ3v) is 3.53. The summed E-state index contributed by atoms with van der Waals surface area (Å²) < 4.78 is 5.31. The summed E-state index contributed by atoms with van der Waals surface area (Å²) in [5.41, 5.74) is 1.11. The fourth-order valence-electron chi connectivity index (χ4n) is 2.50. The molecule has 0 radical (unpaired) electrons. The lowest BCUT2D eigenvalue weighted by Gasteiger charge is -2.17. The summed E-state index contributed by atoms with van der Waals surface area (Å²) in [5.74, 6) is 1.69. The van der Waals surface area contributed by atoms with Crippen molar-refractivity contribution in [2.45, 2.75) is 38.0 Å². The van der Waals surface area contributed by atoms with Crippen molar-refractivity contribution in [2.24, 2.45) is 0 Å². The fourth-order valence-corrected chi connectivity index (χ4v) is 2.50. The monoisotopic (exact) mass is 254 g/mol. The van der Waals surface area contributed by atoms with Gasteiger partial charge in [-0.2, -0.15) is 10.2 Å². The maximum Gasteiger partial charge on any atom is 0.258 e. The van der Waals surface area contributed by atoms with Gasteiger partial charge in [-0.3, -0.25) is 0 Å². The third kappa shape index (κ3) is 2.48. The quantitative estimate of drug-likeness (QED) is 0.823. The molecule has 0 saturated heterocycles. The second kappa shape index (κ2) is 5.19. The Kier molecular flexibility index (Phi) is 3.23. The Hall–Kier alpha value is -2.22. The molecule has 0 unspecified atom stereocenters. The number of aromatic nitrogens is 3. The summed E-state index contributed by atoms with van der Waals surface area (Å²) in [6.45, 7) is 0. The van der Waals surface area contributed by atoms with E-state index in [1.165, 1.54) is 19.3 Å². The highest BCUT2D eigenvalue weighted by Gasteiger charge is 2.21. The summed E-state index contributed by atoms with van der Waals surface area (Å²) in [4.78, 5) is 8.39. The number of pyridine rings is 1. The highest BCUT2D eigenvalue weighted by atomic mass is 16.5. The molecule has 5 nitrogen and oxygen atoms in total. The van der Waals surface area contributed by atoms with Crippen LogP contribution in [-0.4, -0.2) is 15.1 Å². The molecule has 0 aliphatic heterocycles. The van der Waals surface area contributed by atoms with E-state index in [0.717, 1.165) is 24.2 Å². The second-order valence-corrected chi connectivity index (χ2v) is 4.83. The number of rotatable bonds is 2. The lowest BCUT2D eigenvalue weighted by molar-refractivity contribution is 0.385. The van der Waals surface area contributed by atoms with Gasteiger partial charge in [0, 0.05) is 17.7 Å². The Labute approximate surface area is 111 Å². The molecule has 2 heterocycles. The molecule has 0 aromatic carbocycles. The van der Waals surface area contributed by atoms with Crippen LogP contribution in [0.4, 0.5) is 0 Å². The van der Waals surface area contributed by atoms with E-state index in [9.17, 15) is 0 Å². The van der Waals surface area contributed by atoms with Crippen LogP contribution < -0.4 is 0 Å². The molecule has 19 heavy (non-hydrogen) atoms. The van der Waals surface area contributed by atoms with E-state index >= 15 is 0 Å². The zero-order chi connectivity index (χ0) is 13.1. The molecular weight excluding hydrogens is 240 g/mol. The van der Waals surface area contributed by atoms with E-state index in [0.29, 0.717) is 17.5 Å². The summed E-state index contributed by atoms with van der Waals surface area (Å²) in [6.07, 6.45) is 7.64. The Bertz CT molecular complexity index is 608. The van der Waals surface area contributed by atoms with Crippen LogP contribution in [-0.2, 0) is 0 Å².